The molecule has 166 valence electrons. The van der Waals surface area contributed by atoms with Gasteiger partial charge in [-0.1, -0.05) is 18.6 Å². The van der Waals surface area contributed by atoms with Crippen LogP contribution in [0.1, 0.15) is 32.1 Å². The third-order valence-electron chi connectivity index (χ3n) is 7.21. The number of nitrogens with zero attached hydrogens (tertiary/aromatic N) is 4. The van der Waals surface area contributed by atoms with Crippen molar-refractivity contribution in [2.45, 2.75) is 38.1 Å². The van der Waals surface area contributed by atoms with Crippen molar-refractivity contribution in [3.05, 3.63) is 36.4 Å². The first-order valence-corrected chi connectivity index (χ1v) is 11.8. The molecule has 0 aliphatic carbocycles. The van der Waals surface area contributed by atoms with E-state index in [0.29, 0.717) is 0 Å². The van der Waals surface area contributed by atoms with Crippen LogP contribution in [0, 0.1) is 0 Å². The second-order valence-corrected chi connectivity index (χ2v) is 9.06. The number of imidazole rings is 1. The first-order valence-electron chi connectivity index (χ1n) is 11.8. The fraction of sp³-hybridized carbons (Fsp3) is 0.440. The molecule has 2 aromatic carbocycles. The van der Waals surface area contributed by atoms with E-state index in [2.05, 4.69) is 43.2 Å². The molecule has 0 amide bonds. The summed E-state index contributed by atoms with van der Waals surface area (Å²) >= 11 is 0. The summed E-state index contributed by atoms with van der Waals surface area (Å²) in [7, 11) is 1.67. The van der Waals surface area contributed by atoms with Crippen LogP contribution in [0.2, 0.25) is 0 Å². The van der Waals surface area contributed by atoms with E-state index in [1.807, 2.05) is 18.2 Å². The number of para-hydroxylation sites is 1. The average molecular weight is 431 g/mol. The van der Waals surface area contributed by atoms with Crippen LogP contribution >= 0.6 is 0 Å². The Bertz CT molecular complexity index is 1230. The van der Waals surface area contributed by atoms with Gasteiger partial charge in [0.2, 0.25) is 0 Å². The number of H-pyrrole nitrogens is 2. The second kappa shape index (κ2) is 8.13. The van der Waals surface area contributed by atoms with Gasteiger partial charge in [0.05, 0.1) is 18.1 Å². The van der Waals surface area contributed by atoms with Crippen molar-refractivity contribution in [1.82, 2.24) is 25.1 Å². The SMILES string of the molecule is COc1cccc2c(-c3nc4ccc(N5CCC(N6CCCCC6)CC5)cc4[nH]3)n[nH]c12. The Labute approximate surface area is 187 Å². The first-order chi connectivity index (χ1) is 15.8. The lowest BCUT2D eigenvalue weighted by Crippen LogP contribution is -2.46. The molecule has 4 heterocycles. The number of ether oxygens (including phenoxy) is 1. The standard InChI is InChI=1S/C25H30N6O/c1-32-22-7-5-6-19-23(22)28-29-24(19)25-26-20-9-8-18(16-21(20)27-25)31-14-10-17(11-15-31)30-12-3-2-4-13-30/h5-9,16-17H,2-4,10-15H2,1H3,(H,26,27)(H,28,29). The van der Waals surface area contributed by atoms with E-state index >= 15 is 0 Å². The molecule has 2 saturated heterocycles. The molecule has 7 heteroatoms. The number of hydrogen-bond donors (Lipinski definition) is 2. The van der Waals surface area contributed by atoms with Crippen LogP contribution in [0.25, 0.3) is 33.5 Å². The van der Waals surface area contributed by atoms with E-state index in [1.54, 1.807) is 7.11 Å². The molecule has 0 radical (unpaired) electrons. The summed E-state index contributed by atoms with van der Waals surface area (Å²) in [6.45, 7) is 4.83. The molecule has 0 unspecified atom stereocenters. The maximum absolute atomic E-state index is 5.45. The minimum Gasteiger partial charge on any atom is -0.494 e. The minimum absolute atomic E-state index is 0.763. The van der Waals surface area contributed by atoms with Crippen LogP contribution < -0.4 is 9.64 Å². The van der Waals surface area contributed by atoms with Crippen LogP contribution in [-0.2, 0) is 0 Å². The zero-order chi connectivity index (χ0) is 21.5. The van der Waals surface area contributed by atoms with Crippen molar-refractivity contribution in [3.8, 4) is 17.3 Å². The zero-order valence-corrected chi connectivity index (χ0v) is 18.6. The number of fused-ring (bicyclic) bond motifs is 2. The van der Waals surface area contributed by atoms with Gasteiger partial charge in [0, 0.05) is 30.2 Å². The van der Waals surface area contributed by atoms with E-state index < -0.39 is 0 Å². The van der Waals surface area contributed by atoms with Gasteiger partial charge in [-0.15, -0.1) is 0 Å². The van der Waals surface area contributed by atoms with Gasteiger partial charge in [-0.2, -0.15) is 5.10 Å². The quantitative estimate of drug-likeness (QED) is 0.496. The van der Waals surface area contributed by atoms with Crippen molar-refractivity contribution in [2.24, 2.45) is 0 Å². The number of anilines is 1. The van der Waals surface area contributed by atoms with Crippen LogP contribution in [0.4, 0.5) is 5.69 Å². The number of aromatic amines is 2. The van der Waals surface area contributed by atoms with E-state index in [1.165, 1.54) is 50.9 Å². The summed E-state index contributed by atoms with van der Waals surface area (Å²) in [5.74, 6) is 1.56. The van der Waals surface area contributed by atoms with E-state index in [-0.39, 0.29) is 0 Å². The Kier molecular flexibility index (Phi) is 4.98. The molecule has 0 spiro atoms. The van der Waals surface area contributed by atoms with Gasteiger partial charge < -0.3 is 19.5 Å². The summed E-state index contributed by atoms with van der Waals surface area (Å²) in [5, 5.41) is 8.62. The maximum atomic E-state index is 5.45. The fourth-order valence-electron chi connectivity index (χ4n) is 5.45. The molecule has 2 aromatic heterocycles. The van der Waals surface area contributed by atoms with Gasteiger partial charge in [-0.3, -0.25) is 5.10 Å². The molecule has 0 saturated carbocycles. The molecule has 2 aliphatic rings. The molecule has 0 bridgehead atoms. The third kappa shape index (κ3) is 3.41. The Balaban J connectivity index is 1.23. The average Bonchev–Trinajstić information content (AvgIpc) is 3.48. The van der Waals surface area contributed by atoms with Gasteiger partial charge in [0.15, 0.2) is 5.82 Å². The van der Waals surface area contributed by atoms with Gasteiger partial charge in [-0.05, 0) is 63.0 Å². The Morgan fingerprint density at radius 2 is 1.84 bits per heavy atom. The highest BCUT2D eigenvalue weighted by Gasteiger charge is 2.26. The number of benzene rings is 2. The van der Waals surface area contributed by atoms with Gasteiger partial charge in [0.1, 0.15) is 17.0 Å². The molecule has 7 nitrogen and oxygen atoms in total. The van der Waals surface area contributed by atoms with Crippen molar-refractivity contribution in [2.75, 3.05) is 38.2 Å². The molecule has 0 atom stereocenters. The summed E-state index contributed by atoms with van der Waals surface area (Å²) in [5.41, 5.74) is 5.00. The largest absolute Gasteiger partial charge is 0.494 e. The predicted molar refractivity (Wildman–Crippen MR) is 128 cm³/mol. The van der Waals surface area contributed by atoms with Crippen molar-refractivity contribution in [3.63, 3.8) is 0 Å². The molecule has 32 heavy (non-hydrogen) atoms. The second-order valence-electron chi connectivity index (χ2n) is 9.06. The number of piperidine rings is 2. The number of likely N-dealkylation sites (tertiary alicyclic amines) is 1. The summed E-state index contributed by atoms with van der Waals surface area (Å²) in [6, 6.07) is 13.3. The van der Waals surface area contributed by atoms with Crippen molar-refractivity contribution < 1.29 is 4.74 Å². The molecule has 4 aromatic rings. The van der Waals surface area contributed by atoms with Gasteiger partial charge >= 0.3 is 0 Å². The summed E-state index contributed by atoms with van der Waals surface area (Å²) < 4.78 is 5.45. The molecule has 6 rings (SSSR count). The van der Waals surface area contributed by atoms with Crippen LogP contribution in [0.3, 0.4) is 0 Å². The number of methoxy groups -OCH3 is 1. The summed E-state index contributed by atoms with van der Waals surface area (Å²) in [4.78, 5) is 13.6. The van der Waals surface area contributed by atoms with Gasteiger partial charge in [0.25, 0.3) is 0 Å². The zero-order valence-electron chi connectivity index (χ0n) is 18.6. The topological polar surface area (TPSA) is 73.1 Å². The number of aromatic nitrogens is 4. The third-order valence-corrected chi connectivity index (χ3v) is 7.21. The maximum Gasteiger partial charge on any atom is 0.159 e. The van der Waals surface area contributed by atoms with Crippen molar-refractivity contribution in [1.29, 1.82) is 0 Å². The summed E-state index contributed by atoms with van der Waals surface area (Å²) in [6.07, 6.45) is 6.66. The highest BCUT2D eigenvalue weighted by molar-refractivity contribution is 5.96. The first kappa shape index (κ1) is 19.6. The highest BCUT2D eigenvalue weighted by atomic mass is 16.5. The Morgan fingerprint density at radius 1 is 1.00 bits per heavy atom. The molecule has 2 fully saturated rings. The van der Waals surface area contributed by atoms with Crippen LogP contribution in [0.5, 0.6) is 5.75 Å². The van der Waals surface area contributed by atoms with Crippen LogP contribution in [0.15, 0.2) is 36.4 Å². The lowest BCUT2D eigenvalue weighted by atomic mass is 9.99. The molecular formula is C25H30N6O. The predicted octanol–water partition coefficient (Wildman–Crippen LogP) is 4.57. The molecule has 2 aliphatic heterocycles. The number of hydrogen-bond acceptors (Lipinski definition) is 5. The highest BCUT2D eigenvalue weighted by Crippen LogP contribution is 2.32. The van der Waals surface area contributed by atoms with Crippen molar-refractivity contribution >= 4 is 27.6 Å². The van der Waals surface area contributed by atoms with E-state index in [0.717, 1.165) is 58.3 Å². The smallest absolute Gasteiger partial charge is 0.159 e. The monoisotopic (exact) mass is 430 g/mol. The van der Waals surface area contributed by atoms with Crippen LogP contribution in [-0.4, -0.2) is 64.4 Å². The molecular weight excluding hydrogens is 400 g/mol. The fourth-order valence-corrected chi connectivity index (χ4v) is 5.45. The molecule has 2 N–H and O–H groups in total. The Morgan fingerprint density at radius 3 is 2.66 bits per heavy atom. The normalized spacial score (nSPS) is 18.6. The lowest BCUT2D eigenvalue weighted by Gasteiger charge is -2.41. The number of nitrogens with one attached hydrogen (secondary N) is 2. The lowest BCUT2D eigenvalue weighted by molar-refractivity contribution is 0.141. The van der Waals surface area contributed by atoms with E-state index in [9.17, 15) is 0 Å². The number of rotatable bonds is 4. The van der Waals surface area contributed by atoms with Gasteiger partial charge in [-0.25, -0.2) is 4.98 Å². The minimum atomic E-state index is 0.763. The van der Waals surface area contributed by atoms with E-state index in [4.69, 9.17) is 9.72 Å². The Hall–Kier alpha value is -3.06.